The number of esters is 1. The molecular formula is C22H31N3O5S. The number of thioether (sulfide) groups is 1. The van der Waals surface area contributed by atoms with E-state index >= 15 is 0 Å². The highest BCUT2D eigenvalue weighted by molar-refractivity contribution is 7.98. The van der Waals surface area contributed by atoms with Crippen LogP contribution in [0.25, 0.3) is 0 Å². The molecule has 2 atom stereocenters. The highest BCUT2D eigenvalue weighted by Gasteiger charge is 2.26. The van der Waals surface area contributed by atoms with Crippen LogP contribution in [0, 0.1) is 5.92 Å². The second-order valence-electron chi connectivity index (χ2n) is 7.17. The van der Waals surface area contributed by atoms with Crippen LogP contribution in [0.4, 0.5) is 0 Å². The fraction of sp³-hybridized carbons (Fsp3) is 0.455. The molecule has 0 saturated carbocycles. The second kappa shape index (κ2) is 14.2. The molecule has 0 aromatic heterocycles. The van der Waals surface area contributed by atoms with Crippen LogP contribution in [0.2, 0.25) is 0 Å². The monoisotopic (exact) mass is 449 g/mol. The molecule has 0 aliphatic heterocycles. The van der Waals surface area contributed by atoms with E-state index in [1.807, 2.05) is 50.4 Å². The number of benzene rings is 1. The van der Waals surface area contributed by atoms with Gasteiger partial charge in [0, 0.05) is 6.42 Å². The molecule has 3 N–H and O–H groups in total. The molecule has 9 heteroatoms. The zero-order valence-corrected chi connectivity index (χ0v) is 19.2. The maximum absolute atomic E-state index is 12.9. The van der Waals surface area contributed by atoms with Crippen molar-refractivity contribution in [1.82, 2.24) is 16.0 Å². The van der Waals surface area contributed by atoms with Gasteiger partial charge in [-0.25, -0.2) is 4.79 Å². The van der Waals surface area contributed by atoms with Crippen LogP contribution in [0.5, 0.6) is 0 Å². The van der Waals surface area contributed by atoms with Crippen molar-refractivity contribution in [3.8, 4) is 0 Å². The van der Waals surface area contributed by atoms with Crippen molar-refractivity contribution in [3.63, 3.8) is 0 Å². The van der Waals surface area contributed by atoms with Crippen LogP contribution in [0.1, 0.15) is 25.8 Å². The number of hydrogen-bond acceptors (Lipinski definition) is 6. The lowest BCUT2D eigenvalue weighted by Gasteiger charge is -2.20. The Morgan fingerprint density at radius 1 is 1.13 bits per heavy atom. The summed E-state index contributed by atoms with van der Waals surface area (Å²) in [6.45, 7) is 3.71. The van der Waals surface area contributed by atoms with Gasteiger partial charge in [0.2, 0.25) is 12.3 Å². The Bertz CT molecular complexity index is 768. The molecule has 1 aromatic carbocycles. The Labute approximate surface area is 187 Å². The lowest BCUT2D eigenvalue weighted by atomic mass is 10.1. The first-order chi connectivity index (χ1) is 14.8. The largest absolute Gasteiger partial charge is 0.467 e. The summed E-state index contributed by atoms with van der Waals surface area (Å²) in [4.78, 5) is 48.7. The number of carbonyl (C=O) groups is 4. The average molecular weight is 450 g/mol. The molecule has 3 amide bonds. The average Bonchev–Trinajstić information content (AvgIpc) is 2.75. The topological polar surface area (TPSA) is 114 Å². The fourth-order valence-electron chi connectivity index (χ4n) is 2.76. The van der Waals surface area contributed by atoms with E-state index in [1.54, 1.807) is 17.8 Å². The number of rotatable bonds is 13. The lowest BCUT2D eigenvalue weighted by molar-refractivity contribution is -0.144. The molecule has 2 unspecified atom stereocenters. The Morgan fingerprint density at radius 2 is 1.81 bits per heavy atom. The molecule has 0 saturated heterocycles. The van der Waals surface area contributed by atoms with Gasteiger partial charge in [-0.3, -0.25) is 14.4 Å². The molecule has 8 nitrogen and oxygen atoms in total. The zero-order chi connectivity index (χ0) is 23.2. The summed E-state index contributed by atoms with van der Waals surface area (Å²) in [5.74, 6) is -1.08. The van der Waals surface area contributed by atoms with E-state index < -0.39 is 29.9 Å². The predicted molar refractivity (Wildman–Crippen MR) is 121 cm³/mol. The molecule has 0 bridgehead atoms. The van der Waals surface area contributed by atoms with Gasteiger partial charge in [0.05, 0.1) is 7.11 Å². The standard InChI is InChI=1S/C22H31N3O5S/c1-15(2)12-18(24-20(27)17(23-14-26)10-11-31-4)21(28)25-19(22(29)30-3)13-16-8-6-5-7-9-16/h5-9,12,14-15,17,19H,10-11,13H2,1-4H3,(H,23,26)(H,24,27)(H,25,28)/b18-12+. The SMILES string of the molecule is COC(=O)C(Cc1ccccc1)NC(=O)/C(=C\C(C)C)NC(=O)C(CCSC)NC=O. The van der Waals surface area contributed by atoms with E-state index in [0.29, 0.717) is 18.6 Å². The Morgan fingerprint density at radius 3 is 2.35 bits per heavy atom. The molecule has 31 heavy (non-hydrogen) atoms. The molecule has 1 aromatic rings. The lowest BCUT2D eigenvalue weighted by Crippen LogP contribution is -2.49. The van der Waals surface area contributed by atoms with Gasteiger partial charge in [-0.05, 0) is 29.9 Å². The van der Waals surface area contributed by atoms with E-state index in [-0.39, 0.29) is 18.0 Å². The predicted octanol–water partition coefficient (Wildman–Crippen LogP) is 1.41. The number of ether oxygens (including phenoxy) is 1. The van der Waals surface area contributed by atoms with Crippen LogP contribution >= 0.6 is 11.8 Å². The molecule has 0 fully saturated rings. The van der Waals surface area contributed by atoms with Gasteiger partial charge < -0.3 is 20.7 Å². The normalized spacial score (nSPS) is 13.1. The van der Waals surface area contributed by atoms with Crippen LogP contribution in [0.3, 0.4) is 0 Å². The first-order valence-electron chi connectivity index (χ1n) is 9.96. The van der Waals surface area contributed by atoms with Gasteiger partial charge in [0.15, 0.2) is 0 Å². The van der Waals surface area contributed by atoms with E-state index in [9.17, 15) is 19.2 Å². The summed E-state index contributed by atoms with van der Waals surface area (Å²) < 4.78 is 4.83. The Balaban J connectivity index is 3.00. The molecule has 0 spiro atoms. The number of allylic oxidation sites excluding steroid dienone is 1. The van der Waals surface area contributed by atoms with Gasteiger partial charge in [-0.2, -0.15) is 11.8 Å². The summed E-state index contributed by atoms with van der Waals surface area (Å²) in [5, 5.41) is 7.72. The van der Waals surface area contributed by atoms with Crippen LogP contribution in [-0.4, -0.2) is 55.4 Å². The van der Waals surface area contributed by atoms with Crippen LogP contribution in [0.15, 0.2) is 42.1 Å². The maximum atomic E-state index is 12.9. The number of nitrogens with one attached hydrogen (secondary N) is 3. The smallest absolute Gasteiger partial charge is 0.328 e. The number of methoxy groups -OCH3 is 1. The minimum atomic E-state index is -0.923. The van der Waals surface area contributed by atoms with Gasteiger partial charge >= 0.3 is 5.97 Å². The first kappa shape index (κ1) is 26.2. The second-order valence-corrected chi connectivity index (χ2v) is 8.16. The van der Waals surface area contributed by atoms with Crippen molar-refractivity contribution >= 4 is 36.0 Å². The van der Waals surface area contributed by atoms with Crippen LogP contribution in [-0.2, 0) is 30.3 Å². The quantitative estimate of drug-likeness (QED) is 0.238. The molecule has 0 heterocycles. The highest BCUT2D eigenvalue weighted by atomic mass is 32.2. The number of carbonyl (C=O) groups excluding carboxylic acids is 4. The Hall–Kier alpha value is -2.81. The summed E-state index contributed by atoms with van der Waals surface area (Å²) in [6, 6.07) is 7.53. The molecule has 0 aliphatic carbocycles. The maximum Gasteiger partial charge on any atom is 0.328 e. The van der Waals surface area contributed by atoms with E-state index in [0.717, 1.165) is 5.56 Å². The minimum absolute atomic E-state index is 0.0174. The molecule has 0 aliphatic rings. The van der Waals surface area contributed by atoms with Crippen molar-refractivity contribution in [1.29, 1.82) is 0 Å². The summed E-state index contributed by atoms with van der Waals surface area (Å²) in [5.41, 5.74) is 0.868. The highest BCUT2D eigenvalue weighted by Crippen LogP contribution is 2.08. The van der Waals surface area contributed by atoms with E-state index in [1.165, 1.54) is 7.11 Å². The van der Waals surface area contributed by atoms with Crippen molar-refractivity contribution in [3.05, 3.63) is 47.7 Å². The molecule has 170 valence electrons. The third-order valence-electron chi connectivity index (χ3n) is 4.27. The fourth-order valence-corrected chi connectivity index (χ4v) is 3.23. The number of amides is 3. The van der Waals surface area contributed by atoms with Gasteiger partial charge in [-0.15, -0.1) is 0 Å². The minimum Gasteiger partial charge on any atom is -0.467 e. The summed E-state index contributed by atoms with van der Waals surface area (Å²) in [6.07, 6.45) is 4.61. The van der Waals surface area contributed by atoms with Gasteiger partial charge in [0.25, 0.3) is 5.91 Å². The van der Waals surface area contributed by atoms with Gasteiger partial charge in [0.1, 0.15) is 17.8 Å². The summed E-state index contributed by atoms with van der Waals surface area (Å²) in [7, 11) is 1.25. The summed E-state index contributed by atoms with van der Waals surface area (Å²) >= 11 is 1.54. The molecule has 1 rings (SSSR count). The van der Waals surface area contributed by atoms with Crippen LogP contribution < -0.4 is 16.0 Å². The van der Waals surface area contributed by atoms with Crippen molar-refractivity contribution in [2.75, 3.05) is 19.1 Å². The van der Waals surface area contributed by atoms with E-state index in [4.69, 9.17) is 4.74 Å². The molecule has 0 radical (unpaired) electrons. The molecular weight excluding hydrogens is 418 g/mol. The van der Waals surface area contributed by atoms with Crippen molar-refractivity contribution in [2.45, 2.75) is 38.8 Å². The third kappa shape index (κ3) is 9.69. The van der Waals surface area contributed by atoms with Crippen molar-refractivity contribution < 1.29 is 23.9 Å². The Kier molecular flexibility index (Phi) is 12.0. The van der Waals surface area contributed by atoms with E-state index in [2.05, 4.69) is 16.0 Å². The first-order valence-corrected chi connectivity index (χ1v) is 11.4. The third-order valence-corrected chi connectivity index (χ3v) is 4.92. The van der Waals surface area contributed by atoms with Crippen molar-refractivity contribution in [2.24, 2.45) is 5.92 Å². The number of hydrogen-bond donors (Lipinski definition) is 3. The zero-order valence-electron chi connectivity index (χ0n) is 18.3. The van der Waals surface area contributed by atoms with Gasteiger partial charge in [-0.1, -0.05) is 50.3 Å².